The van der Waals surface area contributed by atoms with Crippen molar-refractivity contribution in [1.29, 1.82) is 0 Å². The summed E-state index contributed by atoms with van der Waals surface area (Å²) < 4.78 is 1.31. The van der Waals surface area contributed by atoms with Gasteiger partial charge >= 0.3 is 0 Å². The molecule has 0 bridgehead atoms. The van der Waals surface area contributed by atoms with Gasteiger partial charge in [0.05, 0.1) is 0 Å². The Morgan fingerprint density at radius 3 is 2.73 bits per heavy atom. The number of thiophene rings is 1. The molecule has 3 rings (SSSR count). The average Bonchev–Trinajstić information content (AvgIpc) is 2.99. The Morgan fingerprint density at radius 1 is 1.09 bits per heavy atom. The molecule has 0 fully saturated rings. The van der Waals surface area contributed by atoms with E-state index in [0.717, 1.165) is 19.3 Å². The van der Waals surface area contributed by atoms with Crippen LogP contribution in [0.3, 0.4) is 0 Å². The first kappa shape index (κ1) is 15.0. The highest BCUT2D eigenvalue weighted by molar-refractivity contribution is 7.18. The minimum atomic E-state index is 0.228. The van der Waals surface area contributed by atoms with Gasteiger partial charge in [-0.3, -0.25) is 4.79 Å². The summed E-state index contributed by atoms with van der Waals surface area (Å²) in [4.78, 5) is 12.0. The predicted octanol–water partition coefficient (Wildman–Crippen LogP) is 6.17. The standard InChI is InChI=1S/C20H20OS/c1-2-3-5-8-15(21)11-12-17-16-9-6-4-7-10-18(16)20-19(17)13-14-22-20/h4,6-7,9-14H,2-3,5,8H2,1H3/b12-11+. The average molecular weight is 308 g/mol. The highest BCUT2D eigenvalue weighted by Gasteiger charge is 2.15. The minimum absolute atomic E-state index is 0.228. The molecule has 0 amide bonds. The third-order valence-electron chi connectivity index (χ3n) is 3.99. The van der Waals surface area contributed by atoms with Crippen molar-refractivity contribution in [1.82, 2.24) is 0 Å². The van der Waals surface area contributed by atoms with Crippen LogP contribution in [0.1, 0.15) is 38.2 Å². The van der Waals surface area contributed by atoms with Crippen molar-refractivity contribution >= 4 is 33.3 Å². The van der Waals surface area contributed by atoms with E-state index < -0.39 is 0 Å². The van der Waals surface area contributed by atoms with Gasteiger partial charge in [-0.1, -0.05) is 56.2 Å². The molecule has 1 heterocycles. The monoisotopic (exact) mass is 308 g/mol. The van der Waals surface area contributed by atoms with Gasteiger partial charge in [0, 0.05) is 22.1 Å². The quantitative estimate of drug-likeness (QED) is 0.393. The minimum Gasteiger partial charge on any atom is -0.295 e. The van der Waals surface area contributed by atoms with Crippen molar-refractivity contribution < 1.29 is 4.79 Å². The molecule has 1 nitrogen and oxygen atoms in total. The Morgan fingerprint density at radius 2 is 1.91 bits per heavy atom. The van der Waals surface area contributed by atoms with Crippen molar-refractivity contribution in [3.05, 3.63) is 53.4 Å². The fourth-order valence-electron chi connectivity index (χ4n) is 2.84. The SMILES string of the molecule is CCCCCC(=O)/C=C/c1c2cccccc-2c2sccc12. The molecule has 0 aliphatic heterocycles. The Bertz CT molecular complexity index is 781. The predicted molar refractivity (Wildman–Crippen MR) is 96.6 cm³/mol. The summed E-state index contributed by atoms with van der Waals surface area (Å²) in [5.74, 6) is 0.228. The first-order valence-corrected chi connectivity index (χ1v) is 8.78. The first-order chi connectivity index (χ1) is 10.8. The second-order valence-electron chi connectivity index (χ2n) is 5.57. The van der Waals surface area contributed by atoms with Crippen LogP contribution in [0.4, 0.5) is 0 Å². The molecular formula is C20H20OS. The maximum Gasteiger partial charge on any atom is 0.155 e. The summed E-state index contributed by atoms with van der Waals surface area (Å²) in [6.07, 6.45) is 7.69. The van der Waals surface area contributed by atoms with Crippen molar-refractivity contribution in [3.8, 4) is 11.1 Å². The third kappa shape index (κ3) is 2.97. The van der Waals surface area contributed by atoms with Crippen LogP contribution >= 0.6 is 11.3 Å². The molecule has 0 radical (unpaired) electrons. The van der Waals surface area contributed by atoms with E-state index in [9.17, 15) is 4.79 Å². The number of unbranched alkanes of at least 4 members (excludes halogenated alkanes) is 2. The fraction of sp³-hybridized carbons (Fsp3) is 0.250. The third-order valence-corrected chi connectivity index (χ3v) is 4.94. The number of fused-ring (bicyclic) bond motifs is 3. The lowest BCUT2D eigenvalue weighted by Gasteiger charge is -1.97. The van der Waals surface area contributed by atoms with Crippen LogP contribution in [0.5, 0.6) is 0 Å². The van der Waals surface area contributed by atoms with E-state index in [1.165, 1.54) is 26.8 Å². The summed E-state index contributed by atoms with van der Waals surface area (Å²) in [6, 6.07) is 12.6. The molecular weight excluding hydrogens is 288 g/mol. The Balaban J connectivity index is 1.93. The first-order valence-electron chi connectivity index (χ1n) is 7.90. The van der Waals surface area contributed by atoms with E-state index in [1.807, 2.05) is 12.1 Å². The van der Waals surface area contributed by atoms with E-state index in [1.54, 1.807) is 17.4 Å². The van der Waals surface area contributed by atoms with Gasteiger partial charge in [-0.05, 0) is 35.1 Å². The van der Waals surface area contributed by atoms with E-state index in [0.29, 0.717) is 6.42 Å². The second kappa shape index (κ2) is 6.89. The van der Waals surface area contributed by atoms with Gasteiger partial charge in [0.1, 0.15) is 0 Å². The smallest absolute Gasteiger partial charge is 0.155 e. The summed E-state index contributed by atoms with van der Waals surface area (Å²) in [5, 5.41) is 3.38. The van der Waals surface area contributed by atoms with Gasteiger partial charge in [0.25, 0.3) is 0 Å². The molecule has 2 aliphatic rings. The van der Waals surface area contributed by atoms with Crippen molar-refractivity contribution in [2.24, 2.45) is 0 Å². The number of hydrogen-bond acceptors (Lipinski definition) is 2. The van der Waals surface area contributed by atoms with E-state index >= 15 is 0 Å². The van der Waals surface area contributed by atoms with Crippen LogP contribution in [0.25, 0.3) is 27.3 Å². The summed E-state index contributed by atoms with van der Waals surface area (Å²) >= 11 is 1.77. The number of ketones is 1. The van der Waals surface area contributed by atoms with Gasteiger partial charge in [0.2, 0.25) is 0 Å². The molecule has 0 spiro atoms. The van der Waals surface area contributed by atoms with Gasteiger partial charge in [-0.25, -0.2) is 0 Å². The molecule has 112 valence electrons. The molecule has 0 aromatic carbocycles. The molecule has 0 N–H and O–H groups in total. The summed E-state index contributed by atoms with van der Waals surface area (Å²) in [6.45, 7) is 2.16. The van der Waals surface area contributed by atoms with Crippen LogP contribution in [-0.4, -0.2) is 5.78 Å². The number of carbonyl (C=O) groups is 1. The zero-order valence-electron chi connectivity index (χ0n) is 12.8. The highest BCUT2D eigenvalue weighted by Crippen LogP contribution is 2.42. The normalized spacial score (nSPS) is 11.7. The molecule has 0 unspecified atom stereocenters. The Kier molecular flexibility index (Phi) is 4.69. The van der Waals surface area contributed by atoms with Crippen LogP contribution in [-0.2, 0) is 4.79 Å². The lowest BCUT2D eigenvalue weighted by molar-refractivity contribution is -0.114. The summed E-state index contributed by atoms with van der Waals surface area (Å²) in [5.41, 5.74) is 3.67. The molecule has 22 heavy (non-hydrogen) atoms. The zero-order chi connectivity index (χ0) is 15.4. The van der Waals surface area contributed by atoms with Crippen LogP contribution in [0, 0.1) is 0 Å². The molecule has 2 heteroatoms. The number of rotatable bonds is 6. The van der Waals surface area contributed by atoms with Crippen molar-refractivity contribution in [2.75, 3.05) is 0 Å². The van der Waals surface area contributed by atoms with Gasteiger partial charge in [-0.15, -0.1) is 11.3 Å². The van der Waals surface area contributed by atoms with E-state index in [-0.39, 0.29) is 5.78 Å². The number of allylic oxidation sites excluding steroid dienone is 1. The van der Waals surface area contributed by atoms with Gasteiger partial charge < -0.3 is 0 Å². The number of carbonyl (C=O) groups excluding carboxylic acids is 1. The number of hydrogen-bond donors (Lipinski definition) is 0. The fourth-order valence-corrected chi connectivity index (χ4v) is 3.79. The highest BCUT2D eigenvalue weighted by atomic mass is 32.1. The van der Waals surface area contributed by atoms with Crippen molar-refractivity contribution in [2.45, 2.75) is 32.6 Å². The Hall–Kier alpha value is -1.93. The van der Waals surface area contributed by atoms with Crippen LogP contribution < -0.4 is 0 Å². The van der Waals surface area contributed by atoms with Crippen LogP contribution in [0.2, 0.25) is 0 Å². The molecule has 2 aliphatic carbocycles. The largest absolute Gasteiger partial charge is 0.295 e. The van der Waals surface area contributed by atoms with Crippen molar-refractivity contribution in [3.63, 3.8) is 0 Å². The lowest BCUT2D eigenvalue weighted by Crippen LogP contribution is -1.91. The molecule has 0 atom stereocenters. The van der Waals surface area contributed by atoms with Gasteiger partial charge in [0.15, 0.2) is 5.78 Å². The zero-order valence-corrected chi connectivity index (χ0v) is 13.7. The van der Waals surface area contributed by atoms with E-state index in [4.69, 9.17) is 0 Å². The summed E-state index contributed by atoms with van der Waals surface area (Å²) in [7, 11) is 0. The van der Waals surface area contributed by atoms with Crippen LogP contribution in [0.15, 0.2) is 47.9 Å². The molecule has 1 aromatic rings. The second-order valence-corrected chi connectivity index (χ2v) is 6.49. The molecule has 0 saturated heterocycles. The molecule has 1 aromatic heterocycles. The van der Waals surface area contributed by atoms with E-state index in [2.05, 4.69) is 42.6 Å². The molecule has 0 saturated carbocycles. The maximum atomic E-state index is 12.0. The maximum absolute atomic E-state index is 12.0. The Labute approximate surface area is 135 Å². The van der Waals surface area contributed by atoms with Gasteiger partial charge in [-0.2, -0.15) is 0 Å². The lowest BCUT2D eigenvalue weighted by atomic mass is 10.1. The topological polar surface area (TPSA) is 17.1 Å².